The van der Waals surface area contributed by atoms with Crippen LogP contribution in [0.2, 0.25) is 0 Å². The summed E-state index contributed by atoms with van der Waals surface area (Å²) in [5.41, 5.74) is 0.571. The minimum Gasteiger partial charge on any atom is -0.302 e. The Balaban J connectivity index is 0.00000169. The molecule has 1 aromatic rings. The highest BCUT2D eigenvalue weighted by Crippen LogP contribution is 1.99. The summed E-state index contributed by atoms with van der Waals surface area (Å²) in [6.45, 7) is 0. The van der Waals surface area contributed by atoms with Crippen LogP contribution in [0.4, 0.5) is 0 Å². The van der Waals surface area contributed by atoms with Crippen molar-refractivity contribution in [2.75, 3.05) is 6.26 Å². The molecule has 1 aromatic carbocycles. The molecule has 0 aliphatic heterocycles. The van der Waals surface area contributed by atoms with Crippen LogP contribution >= 0.6 is 35.7 Å². The Morgan fingerprint density at radius 1 is 1.36 bits per heavy atom. The van der Waals surface area contributed by atoms with E-state index in [-0.39, 0.29) is 35.1 Å². The van der Waals surface area contributed by atoms with Crippen LogP contribution in [0.5, 0.6) is 0 Å². The highest BCUT2D eigenvalue weighted by molar-refractivity contribution is 14.0. The third-order valence-electron chi connectivity index (χ3n) is 1.47. The van der Waals surface area contributed by atoms with Gasteiger partial charge in [0, 0.05) is 5.56 Å². The van der Waals surface area contributed by atoms with Crippen LogP contribution < -0.4 is 5.32 Å². The molecule has 0 heterocycles. The van der Waals surface area contributed by atoms with Crippen molar-refractivity contribution >= 4 is 46.8 Å². The number of halogens is 1. The lowest BCUT2D eigenvalue weighted by Gasteiger charge is -2.02. The first-order valence-electron chi connectivity index (χ1n) is 3.73. The van der Waals surface area contributed by atoms with E-state index in [9.17, 15) is 4.79 Å². The lowest BCUT2D eigenvalue weighted by atomic mass is 10.2. The fourth-order valence-corrected chi connectivity index (χ4v) is 1.01. The first-order chi connectivity index (χ1) is 6.24. The minimum absolute atomic E-state index is 0. The molecule has 14 heavy (non-hydrogen) atoms. The maximum atomic E-state index is 11.3. The zero-order chi connectivity index (χ0) is 9.68. The van der Waals surface area contributed by atoms with Crippen molar-refractivity contribution in [3.8, 4) is 0 Å². The molecule has 0 atom stereocenters. The Labute approximate surface area is 104 Å². The molecule has 0 fully saturated rings. The van der Waals surface area contributed by atoms with Gasteiger partial charge in [0.15, 0.2) is 5.17 Å². The predicted molar refractivity (Wildman–Crippen MR) is 70.6 cm³/mol. The molecule has 2 N–H and O–H groups in total. The fourth-order valence-electron chi connectivity index (χ4n) is 0.816. The molecule has 1 amide bonds. The molecular weight excluding hydrogens is 311 g/mol. The largest absolute Gasteiger partial charge is 0.302 e. The number of carbonyl (C=O) groups excluding carboxylic acids is 1. The molecule has 76 valence electrons. The van der Waals surface area contributed by atoms with E-state index < -0.39 is 0 Å². The van der Waals surface area contributed by atoms with Gasteiger partial charge in [0.25, 0.3) is 5.91 Å². The van der Waals surface area contributed by atoms with Gasteiger partial charge in [-0.3, -0.25) is 10.2 Å². The Morgan fingerprint density at radius 2 is 1.93 bits per heavy atom. The Hall–Kier alpha value is -0.560. The summed E-state index contributed by atoms with van der Waals surface area (Å²) in [4.78, 5) is 11.3. The number of benzene rings is 1. The van der Waals surface area contributed by atoms with Gasteiger partial charge in [-0.25, -0.2) is 0 Å². The molecule has 0 saturated carbocycles. The zero-order valence-electron chi connectivity index (χ0n) is 7.61. The number of hydrogen-bond donors (Lipinski definition) is 2. The molecule has 1 rings (SSSR count). The lowest BCUT2D eigenvalue weighted by Crippen LogP contribution is -2.27. The van der Waals surface area contributed by atoms with Crippen molar-refractivity contribution in [1.29, 1.82) is 5.41 Å². The number of thioether (sulfide) groups is 1. The van der Waals surface area contributed by atoms with E-state index in [4.69, 9.17) is 5.41 Å². The topological polar surface area (TPSA) is 53.0 Å². The normalized spacial score (nSPS) is 8.64. The second-order valence-electron chi connectivity index (χ2n) is 2.35. The van der Waals surface area contributed by atoms with Gasteiger partial charge in [-0.2, -0.15) is 0 Å². The number of carbonyl (C=O) groups is 1. The van der Waals surface area contributed by atoms with Crippen LogP contribution in [-0.2, 0) is 0 Å². The number of amides is 1. The Bertz CT molecular complexity index is 316. The highest BCUT2D eigenvalue weighted by Gasteiger charge is 2.04. The average Bonchev–Trinajstić information content (AvgIpc) is 2.19. The van der Waals surface area contributed by atoms with Crippen LogP contribution in [0.3, 0.4) is 0 Å². The summed E-state index contributed by atoms with van der Waals surface area (Å²) >= 11 is 1.20. The third kappa shape index (κ3) is 4.10. The van der Waals surface area contributed by atoms with Crippen LogP contribution in [-0.4, -0.2) is 17.3 Å². The van der Waals surface area contributed by atoms with Gasteiger partial charge in [0.2, 0.25) is 0 Å². The smallest absolute Gasteiger partial charge is 0.257 e. The second kappa shape index (κ2) is 6.83. The molecule has 0 unspecified atom stereocenters. The number of amidine groups is 1. The third-order valence-corrected chi connectivity index (χ3v) is 1.98. The van der Waals surface area contributed by atoms with Gasteiger partial charge in [-0.05, 0) is 18.4 Å². The van der Waals surface area contributed by atoms with Crippen molar-refractivity contribution in [3.05, 3.63) is 35.9 Å². The molecular formula is C9H11IN2OS. The van der Waals surface area contributed by atoms with Crippen LogP contribution in [0, 0.1) is 5.41 Å². The number of rotatable bonds is 1. The van der Waals surface area contributed by atoms with E-state index in [1.807, 2.05) is 6.07 Å². The molecule has 3 nitrogen and oxygen atoms in total. The van der Waals surface area contributed by atoms with Gasteiger partial charge >= 0.3 is 0 Å². The molecule has 0 bridgehead atoms. The summed E-state index contributed by atoms with van der Waals surface area (Å²) in [5.74, 6) is -0.236. The van der Waals surface area contributed by atoms with E-state index in [1.165, 1.54) is 11.8 Å². The van der Waals surface area contributed by atoms with Gasteiger partial charge in [0.1, 0.15) is 0 Å². The van der Waals surface area contributed by atoms with Crippen molar-refractivity contribution in [2.24, 2.45) is 0 Å². The van der Waals surface area contributed by atoms with E-state index in [0.29, 0.717) is 5.56 Å². The number of hydrogen-bond acceptors (Lipinski definition) is 3. The zero-order valence-corrected chi connectivity index (χ0v) is 10.8. The fraction of sp³-hybridized carbons (Fsp3) is 0.111. The van der Waals surface area contributed by atoms with Crippen LogP contribution in [0.25, 0.3) is 0 Å². The highest BCUT2D eigenvalue weighted by atomic mass is 127. The van der Waals surface area contributed by atoms with Gasteiger partial charge in [-0.1, -0.05) is 30.0 Å². The molecule has 0 saturated heterocycles. The number of nitrogens with one attached hydrogen (secondary N) is 2. The van der Waals surface area contributed by atoms with Gasteiger partial charge in [0.05, 0.1) is 0 Å². The molecule has 0 aromatic heterocycles. The predicted octanol–water partition coefficient (Wildman–Crippen LogP) is 2.33. The molecule has 0 aliphatic carbocycles. The van der Waals surface area contributed by atoms with Crippen LogP contribution in [0.15, 0.2) is 30.3 Å². The van der Waals surface area contributed by atoms with Crippen molar-refractivity contribution in [2.45, 2.75) is 0 Å². The van der Waals surface area contributed by atoms with Crippen molar-refractivity contribution < 1.29 is 4.79 Å². The maximum absolute atomic E-state index is 11.3. The van der Waals surface area contributed by atoms with Gasteiger partial charge < -0.3 is 5.32 Å². The SMILES string of the molecule is CSC(=N)NC(=O)c1ccccc1.I. The Morgan fingerprint density at radius 3 is 2.43 bits per heavy atom. The summed E-state index contributed by atoms with van der Waals surface area (Å²) < 4.78 is 0. The van der Waals surface area contributed by atoms with E-state index in [2.05, 4.69) is 5.32 Å². The maximum Gasteiger partial charge on any atom is 0.257 e. The second-order valence-corrected chi connectivity index (χ2v) is 3.17. The van der Waals surface area contributed by atoms with Crippen molar-refractivity contribution in [1.82, 2.24) is 5.32 Å². The van der Waals surface area contributed by atoms with Crippen molar-refractivity contribution in [3.63, 3.8) is 0 Å². The van der Waals surface area contributed by atoms with E-state index in [1.54, 1.807) is 30.5 Å². The first-order valence-corrected chi connectivity index (χ1v) is 4.95. The Kier molecular flexibility index (Phi) is 6.56. The standard InChI is InChI=1S/C9H10N2OS.HI/c1-13-9(10)11-8(12)7-5-3-2-4-6-7;/h2-6H,1H3,(H2,10,11,12);1H. The monoisotopic (exact) mass is 322 g/mol. The van der Waals surface area contributed by atoms with E-state index in [0.717, 1.165) is 0 Å². The summed E-state index contributed by atoms with van der Waals surface area (Å²) in [6, 6.07) is 8.85. The van der Waals surface area contributed by atoms with E-state index >= 15 is 0 Å². The quantitative estimate of drug-likeness (QED) is 0.474. The molecule has 0 aliphatic rings. The molecule has 5 heteroatoms. The summed E-state index contributed by atoms with van der Waals surface area (Å²) in [6.07, 6.45) is 1.74. The summed E-state index contributed by atoms with van der Waals surface area (Å²) in [5, 5.41) is 9.86. The molecule has 0 radical (unpaired) electrons. The lowest BCUT2D eigenvalue weighted by molar-refractivity contribution is 0.0978. The average molecular weight is 322 g/mol. The van der Waals surface area contributed by atoms with Crippen LogP contribution in [0.1, 0.15) is 10.4 Å². The van der Waals surface area contributed by atoms with Gasteiger partial charge in [-0.15, -0.1) is 24.0 Å². The first kappa shape index (κ1) is 13.4. The molecule has 0 spiro atoms. The summed E-state index contributed by atoms with van der Waals surface area (Å²) in [7, 11) is 0. The minimum atomic E-state index is -0.236.